The number of aryl methyl sites for hydroxylation is 2. The van der Waals surface area contributed by atoms with Crippen molar-refractivity contribution in [3.63, 3.8) is 0 Å². The highest BCUT2D eigenvalue weighted by Crippen LogP contribution is 2.20. The predicted molar refractivity (Wildman–Crippen MR) is 106 cm³/mol. The van der Waals surface area contributed by atoms with Gasteiger partial charge in [-0.15, -0.1) is 0 Å². The van der Waals surface area contributed by atoms with Crippen molar-refractivity contribution in [3.05, 3.63) is 35.9 Å². The molecule has 0 bridgehead atoms. The second-order valence-electron chi connectivity index (χ2n) is 7.18. The molecule has 0 amide bonds. The third-order valence-electron chi connectivity index (χ3n) is 4.41. The summed E-state index contributed by atoms with van der Waals surface area (Å²) in [6.45, 7) is 5.39. The summed E-state index contributed by atoms with van der Waals surface area (Å²) in [5.41, 5.74) is 0.792. The smallest absolute Gasteiger partial charge is 0.191 e. The Morgan fingerprint density at radius 1 is 1.22 bits per heavy atom. The molecule has 0 saturated carbocycles. The van der Waals surface area contributed by atoms with Crippen molar-refractivity contribution in [2.45, 2.75) is 25.5 Å². The van der Waals surface area contributed by atoms with Crippen molar-refractivity contribution >= 4 is 5.96 Å². The zero-order chi connectivity index (χ0) is 20.0. The van der Waals surface area contributed by atoms with Crippen molar-refractivity contribution in [2.24, 2.45) is 19.1 Å². The van der Waals surface area contributed by atoms with Gasteiger partial charge in [0, 0.05) is 50.7 Å². The highest BCUT2D eigenvalue weighted by atomic mass is 16.3. The number of hydrogen-bond acceptors (Lipinski definition) is 5. The first-order valence-corrected chi connectivity index (χ1v) is 9.11. The fraction of sp³-hybridized carbons (Fsp3) is 0.611. The van der Waals surface area contributed by atoms with E-state index >= 15 is 0 Å². The van der Waals surface area contributed by atoms with Gasteiger partial charge in [0.1, 0.15) is 5.60 Å². The van der Waals surface area contributed by atoms with Crippen LogP contribution < -0.4 is 10.6 Å². The molecule has 27 heavy (non-hydrogen) atoms. The molecule has 0 aliphatic carbocycles. The Bertz CT molecular complexity index is 746. The van der Waals surface area contributed by atoms with Crippen molar-refractivity contribution in [3.8, 4) is 0 Å². The van der Waals surface area contributed by atoms with E-state index in [9.17, 15) is 5.11 Å². The van der Waals surface area contributed by atoms with Crippen LogP contribution in [-0.2, 0) is 19.7 Å². The van der Waals surface area contributed by atoms with Crippen LogP contribution >= 0.6 is 0 Å². The van der Waals surface area contributed by atoms with E-state index in [4.69, 9.17) is 0 Å². The van der Waals surface area contributed by atoms with Crippen LogP contribution in [0, 0.1) is 0 Å². The minimum Gasteiger partial charge on any atom is -0.383 e. The number of aliphatic hydroxyl groups is 1. The van der Waals surface area contributed by atoms with Crippen LogP contribution in [0.25, 0.3) is 0 Å². The van der Waals surface area contributed by atoms with Crippen LogP contribution in [0.1, 0.15) is 31.0 Å². The monoisotopic (exact) mass is 376 g/mol. The molecule has 2 heterocycles. The van der Waals surface area contributed by atoms with Gasteiger partial charge in [0.05, 0.1) is 25.0 Å². The summed E-state index contributed by atoms with van der Waals surface area (Å²) in [6, 6.07) is 0.154. The van der Waals surface area contributed by atoms with Gasteiger partial charge in [-0.3, -0.25) is 9.36 Å². The van der Waals surface area contributed by atoms with Crippen LogP contribution in [-0.4, -0.2) is 69.3 Å². The van der Waals surface area contributed by atoms with E-state index < -0.39 is 5.60 Å². The standard InChI is InChI=1S/C18H32N8O/c1-7-19-17(21-13-18(2,27)15-9-23-26(6)12-15)20-10-16(24(3)4)14-8-22-25(5)11-14/h8-9,11-12,16,27H,7,10,13H2,1-6H3,(H2,19,20,21). The number of nitrogens with one attached hydrogen (secondary N) is 2. The number of likely N-dealkylation sites (N-methyl/N-ethyl adjacent to an activating group) is 1. The zero-order valence-corrected chi connectivity index (χ0v) is 17.1. The van der Waals surface area contributed by atoms with Crippen LogP contribution in [0.4, 0.5) is 0 Å². The summed E-state index contributed by atoms with van der Waals surface area (Å²) in [5, 5.41) is 25.7. The number of nitrogens with zero attached hydrogens (tertiary/aromatic N) is 6. The van der Waals surface area contributed by atoms with Crippen LogP contribution in [0.5, 0.6) is 0 Å². The maximum atomic E-state index is 10.7. The second kappa shape index (κ2) is 9.01. The van der Waals surface area contributed by atoms with Crippen molar-refractivity contribution in [1.29, 1.82) is 0 Å². The zero-order valence-electron chi connectivity index (χ0n) is 17.1. The van der Waals surface area contributed by atoms with Gasteiger partial charge in [0.2, 0.25) is 0 Å². The normalized spacial score (nSPS) is 15.6. The lowest BCUT2D eigenvalue weighted by Crippen LogP contribution is -2.42. The van der Waals surface area contributed by atoms with Gasteiger partial charge in [-0.05, 0) is 27.9 Å². The molecule has 2 aromatic rings. The lowest BCUT2D eigenvalue weighted by molar-refractivity contribution is 0.0671. The molecule has 0 saturated heterocycles. The van der Waals surface area contributed by atoms with E-state index in [-0.39, 0.29) is 12.6 Å². The Balaban J connectivity index is 2.06. The van der Waals surface area contributed by atoms with Crippen LogP contribution in [0.3, 0.4) is 0 Å². The fourth-order valence-electron chi connectivity index (χ4n) is 2.77. The lowest BCUT2D eigenvalue weighted by atomic mass is 10.0. The summed E-state index contributed by atoms with van der Waals surface area (Å²) in [7, 11) is 7.82. The van der Waals surface area contributed by atoms with E-state index in [1.54, 1.807) is 28.7 Å². The van der Waals surface area contributed by atoms with Gasteiger partial charge in [-0.1, -0.05) is 0 Å². The van der Waals surface area contributed by atoms with Crippen LogP contribution in [0.15, 0.2) is 29.8 Å². The number of hydrogen-bond donors (Lipinski definition) is 3. The summed E-state index contributed by atoms with van der Waals surface area (Å²) in [6.07, 6.45) is 7.37. The van der Waals surface area contributed by atoms with Gasteiger partial charge < -0.3 is 20.6 Å². The second-order valence-corrected chi connectivity index (χ2v) is 7.18. The fourth-order valence-corrected chi connectivity index (χ4v) is 2.77. The van der Waals surface area contributed by atoms with Gasteiger partial charge >= 0.3 is 0 Å². The molecule has 150 valence electrons. The largest absolute Gasteiger partial charge is 0.383 e. The molecule has 0 fully saturated rings. The Morgan fingerprint density at radius 2 is 1.89 bits per heavy atom. The average Bonchev–Trinajstić information content (AvgIpc) is 3.21. The Labute approximate surface area is 161 Å². The van der Waals surface area contributed by atoms with E-state index in [1.165, 1.54) is 0 Å². The van der Waals surface area contributed by atoms with Gasteiger partial charge in [0.25, 0.3) is 0 Å². The molecule has 2 rings (SSSR count). The molecule has 0 aromatic carbocycles. The number of aliphatic imine (C=N–C) groups is 1. The number of aromatic nitrogens is 4. The number of rotatable bonds is 8. The molecule has 0 spiro atoms. The van der Waals surface area contributed by atoms with Crippen molar-refractivity contribution in [2.75, 3.05) is 33.7 Å². The van der Waals surface area contributed by atoms with Crippen molar-refractivity contribution in [1.82, 2.24) is 35.1 Å². The molecule has 0 aliphatic rings. The van der Waals surface area contributed by atoms with E-state index in [1.807, 2.05) is 47.5 Å². The van der Waals surface area contributed by atoms with E-state index in [2.05, 4.69) is 30.7 Å². The molecule has 9 heteroatoms. The Kier molecular flexibility index (Phi) is 6.98. The predicted octanol–water partition coefficient (Wildman–Crippen LogP) is 0.219. The molecular weight excluding hydrogens is 344 g/mol. The molecule has 2 atom stereocenters. The highest BCUT2D eigenvalue weighted by Gasteiger charge is 2.25. The maximum absolute atomic E-state index is 10.7. The SMILES string of the molecule is CCNC(=NCC(C)(O)c1cnn(C)c1)NCC(c1cnn(C)c1)N(C)C. The minimum atomic E-state index is -1.08. The molecule has 9 nitrogen and oxygen atoms in total. The van der Waals surface area contributed by atoms with E-state index in [0.29, 0.717) is 12.5 Å². The number of guanidine groups is 1. The maximum Gasteiger partial charge on any atom is 0.191 e. The van der Waals surface area contributed by atoms with Crippen LogP contribution in [0.2, 0.25) is 0 Å². The molecule has 2 aromatic heterocycles. The third-order valence-corrected chi connectivity index (χ3v) is 4.41. The Morgan fingerprint density at radius 3 is 2.41 bits per heavy atom. The first-order valence-electron chi connectivity index (χ1n) is 9.11. The molecule has 2 unspecified atom stereocenters. The van der Waals surface area contributed by atoms with Crippen molar-refractivity contribution < 1.29 is 5.11 Å². The van der Waals surface area contributed by atoms with E-state index in [0.717, 1.165) is 17.7 Å². The summed E-state index contributed by atoms with van der Waals surface area (Å²) >= 11 is 0. The quantitative estimate of drug-likeness (QED) is 0.451. The average molecular weight is 377 g/mol. The lowest BCUT2D eigenvalue weighted by Gasteiger charge is -2.25. The first-order chi connectivity index (χ1) is 12.7. The molecular formula is C18H32N8O. The summed E-state index contributed by atoms with van der Waals surface area (Å²) in [5.74, 6) is 0.664. The third kappa shape index (κ3) is 5.80. The minimum absolute atomic E-state index is 0.154. The summed E-state index contributed by atoms with van der Waals surface area (Å²) < 4.78 is 3.47. The topological polar surface area (TPSA) is 95.5 Å². The molecule has 0 aliphatic heterocycles. The van der Waals surface area contributed by atoms with Gasteiger partial charge in [-0.2, -0.15) is 10.2 Å². The first kappa shape index (κ1) is 20.9. The molecule has 0 radical (unpaired) electrons. The Hall–Kier alpha value is -2.39. The summed E-state index contributed by atoms with van der Waals surface area (Å²) in [4.78, 5) is 6.71. The highest BCUT2D eigenvalue weighted by molar-refractivity contribution is 5.79. The molecule has 3 N–H and O–H groups in total. The van der Waals surface area contributed by atoms with Gasteiger partial charge in [-0.25, -0.2) is 4.99 Å². The van der Waals surface area contributed by atoms with Gasteiger partial charge in [0.15, 0.2) is 5.96 Å².